The van der Waals surface area contributed by atoms with Crippen molar-refractivity contribution < 1.29 is 13.9 Å². The first-order chi connectivity index (χ1) is 18.1. The van der Waals surface area contributed by atoms with E-state index in [1.807, 2.05) is 42.5 Å². The van der Waals surface area contributed by atoms with Gasteiger partial charge in [-0.15, -0.1) is 5.11 Å². The molecule has 6 nitrogen and oxygen atoms in total. The van der Waals surface area contributed by atoms with Crippen LogP contribution in [-0.2, 0) is 0 Å². The maximum absolute atomic E-state index is 13.2. The average Bonchev–Trinajstić information content (AvgIpc) is 3.36. The number of rotatable bonds is 5. The van der Waals surface area contributed by atoms with E-state index in [4.69, 9.17) is 4.42 Å². The highest BCUT2D eigenvalue weighted by atomic mass is 19.1. The van der Waals surface area contributed by atoms with E-state index in [9.17, 15) is 9.50 Å². The molecule has 1 N–H and O–H groups in total. The Hall–Kier alpha value is -5.17. The van der Waals surface area contributed by atoms with Crippen LogP contribution in [-0.4, -0.2) is 16.3 Å². The molecule has 6 rings (SSSR count). The third-order valence-corrected chi connectivity index (χ3v) is 5.87. The highest BCUT2D eigenvalue weighted by Gasteiger charge is 2.09. The van der Waals surface area contributed by atoms with Crippen LogP contribution in [0.25, 0.3) is 33.3 Å². The van der Waals surface area contributed by atoms with E-state index in [0.717, 1.165) is 16.5 Å². The van der Waals surface area contributed by atoms with E-state index in [2.05, 4.69) is 20.2 Å². The van der Waals surface area contributed by atoms with Crippen LogP contribution >= 0.6 is 0 Å². The smallest absolute Gasteiger partial charge is 0.227 e. The van der Waals surface area contributed by atoms with Gasteiger partial charge in [0.2, 0.25) is 5.89 Å². The molecule has 0 aliphatic heterocycles. The third kappa shape index (κ3) is 4.70. The maximum Gasteiger partial charge on any atom is 0.227 e. The van der Waals surface area contributed by atoms with Gasteiger partial charge in [0.15, 0.2) is 5.58 Å². The molecule has 0 spiro atoms. The van der Waals surface area contributed by atoms with Crippen molar-refractivity contribution in [2.45, 2.75) is 0 Å². The van der Waals surface area contributed by atoms with Crippen LogP contribution in [0, 0.1) is 5.82 Å². The van der Waals surface area contributed by atoms with Crippen LogP contribution in [0.5, 0.6) is 5.75 Å². The molecule has 0 bridgehead atoms. The van der Waals surface area contributed by atoms with Crippen LogP contribution in [0.2, 0.25) is 0 Å². The third-order valence-electron chi connectivity index (χ3n) is 5.87. The summed E-state index contributed by atoms with van der Waals surface area (Å²) in [6, 6.07) is 30.2. The van der Waals surface area contributed by atoms with Gasteiger partial charge >= 0.3 is 0 Å². The molecule has 37 heavy (non-hydrogen) atoms. The molecule has 0 saturated carbocycles. The zero-order valence-electron chi connectivity index (χ0n) is 19.4. The van der Waals surface area contributed by atoms with Crippen molar-refractivity contribution >= 4 is 45.1 Å². The van der Waals surface area contributed by atoms with Crippen molar-refractivity contribution in [1.82, 2.24) is 4.98 Å². The molecule has 6 aromatic rings. The van der Waals surface area contributed by atoms with Crippen LogP contribution in [0.4, 0.5) is 21.5 Å². The second kappa shape index (κ2) is 9.47. The summed E-state index contributed by atoms with van der Waals surface area (Å²) < 4.78 is 19.0. The van der Waals surface area contributed by atoms with E-state index < -0.39 is 0 Å². The summed E-state index contributed by atoms with van der Waals surface area (Å²) in [5.74, 6) is 0.158. The van der Waals surface area contributed by atoms with Gasteiger partial charge < -0.3 is 9.52 Å². The first-order valence-electron chi connectivity index (χ1n) is 11.6. The average molecular weight is 487 g/mol. The fourth-order valence-electron chi connectivity index (χ4n) is 3.97. The molecule has 0 saturated heterocycles. The Morgan fingerprint density at radius 2 is 1.59 bits per heavy atom. The molecule has 1 aromatic heterocycles. The van der Waals surface area contributed by atoms with Gasteiger partial charge in [-0.3, -0.25) is 4.99 Å². The van der Waals surface area contributed by atoms with Crippen molar-refractivity contribution in [3.8, 4) is 17.2 Å². The molecule has 0 aliphatic carbocycles. The summed E-state index contributed by atoms with van der Waals surface area (Å²) in [4.78, 5) is 8.99. The molecule has 1 heterocycles. The highest BCUT2D eigenvalue weighted by molar-refractivity contribution is 5.92. The lowest BCUT2D eigenvalue weighted by molar-refractivity contribution is 0.474. The quantitative estimate of drug-likeness (QED) is 0.195. The lowest BCUT2D eigenvalue weighted by atomic mass is 10.1. The van der Waals surface area contributed by atoms with Crippen LogP contribution in [0.15, 0.2) is 123 Å². The Morgan fingerprint density at radius 3 is 2.49 bits per heavy atom. The van der Waals surface area contributed by atoms with Crippen molar-refractivity contribution in [1.29, 1.82) is 0 Å². The number of phenolic OH excluding ortho intramolecular Hbond substituents is 1. The van der Waals surface area contributed by atoms with Crippen molar-refractivity contribution in [3.05, 3.63) is 115 Å². The monoisotopic (exact) mass is 486 g/mol. The summed E-state index contributed by atoms with van der Waals surface area (Å²) in [6.45, 7) is 0. The minimum absolute atomic E-state index is 0.0778. The summed E-state index contributed by atoms with van der Waals surface area (Å²) in [6.07, 6.45) is 1.56. The number of hydrogen-bond acceptors (Lipinski definition) is 6. The lowest BCUT2D eigenvalue weighted by Crippen LogP contribution is -1.82. The molecule has 0 fully saturated rings. The largest absolute Gasteiger partial charge is 0.507 e. The molecule has 178 valence electrons. The normalized spacial score (nSPS) is 11.8. The first-order valence-corrected chi connectivity index (χ1v) is 11.6. The van der Waals surface area contributed by atoms with Crippen molar-refractivity contribution in [2.75, 3.05) is 0 Å². The predicted octanol–water partition coefficient (Wildman–Crippen LogP) is 8.66. The van der Waals surface area contributed by atoms with Gasteiger partial charge in [-0.25, -0.2) is 9.37 Å². The number of aromatic nitrogens is 1. The zero-order chi connectivity index (χ0) is 25.2. The van der Waals surface area contributed by atoms with Crippen molar-refractivity contribution in [3.63, 3.8) is 0 Å². The number of oxazole rings is 1. The van der Waals surface area contributed by atoms with Gasteiger partial charge in [-0.2, -0.15) is 5.11 Å². The second-order valence-electron chi connectivity index (χ2n) is 8.38. The fraction of sp³-hybridized carbons (Fsp3) is 0. The second-order valence-corrected chi connectivity index (χ2v) is 8.38. The lowest BCUT2D eigenvalue weighted by Gasteiger charge is -2.02. The highest BCUT2D eigenvalue weighted by Crippen LogP contribution is 2.30. The Morgan fingerprint density at radius 1 is 0.784 bits per heavy atom. The fourth-order valence-corrected chi connectivity index (χ4v) is 3.97. The standard InChI is InChI=1S/C30H19FN4O2/c31-22-10-8-20(9-11-22)30-33-27-17-23(13-15-29(27)37-30)32-18-21-16-24(12-14-28(21)36)34-35-26-7-3-5-19-4-1-2-6-25(19)26/h1-18,36H. The van der Waals surface area contributed by atoms with E-state index in [-0.39, 0.29) is 11.6 Å². The Balaban J connectivity index is 1.25. The molecule has 0 radical (unpaired) electrons. The molecule has 7 heteroatoms. The Kier molecular flexibility index (Phi) is 5.71. The van der Waals surface area contributed by atoms with Crippen molar-refractivity contribution in [2.24, 2.45) is 15.2 Å². The number of phenols is 1. The Bertz CT molecular complexity index is 1800. The SMILES string of the molecule is Oc1ccc(N=Nc2cccc3ccccc23)cc1C=Nc1ccc2oc(-c3ccc(F)cc3)nc2c1. The number of azo groups is 1. The summed E-state index contributed by atoms with van der Waals surface area (Å²) in [5.41, 5.74) is 4.38. The van der Waals surface area contributed by atoms with E-state index in [0.29, 0.717) is 39.5 Å². The summed E-state index contributed by atoms with van der Waals surface area (Å²) in [5, 5.41) is 21.2. The van der Waals surface area contributed by atoms with E-state index in [1.165, 1.54) is 12.1 Å². The maximum atomic E-state index is 13.2. The topological polar surface area (TPSA) is 83.3 Å². The molecule has 0 aliphatic rings. The number of hydrogen-bond donors (Lipinski definition) is 1. The number of halogens is 1. The molecule has 0 atom stereocenters. The molecular formula is C30H19FN4O2. The molecule has 5 aromatic carbocycles. The minimum atomic E-state index is -0.321. The number of aromatic hydroxyl groups is 1. The number of aliphatic imine (C=N–C) groups is 1. The minimum Gasteiger partial charge on any atom is -0.507 e. The van der Waals surface area contributed by atoms with Gasteiger partial charge in [0.25, 0.3) is 0 Å². The van der Waals surface area contributed by atoms with E-state index in [1.54, 1.807) is 54.7 Å². The number of fused-ring (bicyclic) bond motifs is 2. The van der Waals surface area contributed by atoms with Gasteiger partial charge in [-0.1, -0.05) is 36.4 Å². The Labute approximate surface area is 211 Å². The van der Waals surface area contributed by atoms with Crippen LogP contribution in [0.1, 0.15) is 5.56 Å². The van der Waals surface area contributed by atoms with Gasteiger partial charge in [0.1, 0.15) is 17.1 Å². The van der Waals surface area contributed by atoms with E-state index >= 15 is 0 Å². The van der Waals surface area contributed by atoms with Crippen LogP contribution < -0.4 is 0 Å². The first kappa shape index (κ1) is 22.3. The van der Waals surface area contributed by atoms with Gasteiger partial charge in [0, 0.05) is 22.7 Å². The van der Waals surface area contributed by atoms with Crippen LogP contribution in [0.3, 0.4) is 0 Å². The predicted molar refractivity (Wildman–Crippen MR) is 143 cm³/mol. The van der Waals surface area contributed by atoms with Gasteiger partial charge in [-0.05, 0) is 72.1 Å². The molecule has 0 unspecified atom stereocenters. The zero-order valence-corrected chi connectivity index (χ0v) is 19.4. The number of nitrogens with zero attached hydrogens (tertiary/aromatic N) is 4. The van der Waals surface area contributed by atoms with Gasteiger partial charge in [0.05, 0.1) is 17.1 Å². The number of benzene rings is 5. The summed E-state index contributed by atoms with van der Waals surface area (Å²) in [7, 11) is 0. The summed E-state index contributed by atoms with van der Waals surface area (Å²) >= 11 is 0. The molecular weight excluding hydrogens is 467 g/mol. The molecule has 0 amide bonds.